The fraction of sp³-hybridized carbons (Fsp3) is 0.375. The summed E-state index contributed by atoms with van der Waals surface area (Å²) in [5, 5.41) is 5.77. The number of hydrogen-bond acceptors (Lipinski definition) is 4. The van der Waals surface area contributed by atoms with E-state index in [-0.39, 0.29) is 29.1 Å². The van der Waals surface area contributed by atoms with E-state index < -0.39 is 16.8 Å². The number of carbonyl (C=O) groups excluding carboxylic acids is 3. The third-order valence-corrected chi connectivity index (χ3v) is 7.69. The van der Waals surface area contributed by atoms with Gasteiger partial charge in [-0.25, -0.2) is 0 Å². The Morgan fingerprint density at radius 3 is 2.45 bits per heavy atom. The van der Waals surface area contributed by atoms with Gasteiger partial charge in [-0.1, -0.05) is 48.5 Å². The van der Waals surface area contributed by atoms with E-state index in [0.717, 1.165) is 24.0 Å². The van der Waals surface area contributed by atoms with E-state index in [1.54, 1.807) is 16.7 Å². The smallest absolute Gasteiger partial charge is 0.256 e. The minimum atomic E-state index is -0.797. The van der Waals surface area contributed by atoms with Crippen LogP contribution in [0.15, 0.2) is 54.6 Å². The fourth-order valence-corrected chi connectivity index (χ4v) is 6.07. The quantitative estimate of drug-likeness (QED) is 0.756. The van der Waals surface area contributed by atoms with Crippen LogP contribution in [0.5, 0.6) is 0 Å². The molecule has 160 valence electrons. The molecule has 0 aromatic heterocycles. The molecule has 0 spiro atoms. The molecule has 2 aromatic carbocycles. The van der Waals surface area contributed by atoms with Crippen LogP contribution in [-0.4, -0.2) is 39.5 Å². The van der Waals surface area contributed by atoms with Crippen molar-refractivity contribution in [1.82, 2.24) is 15.5 Å². The molecular formula is C24H25N3O3S. The molecule has 1 saturated carbocycles. The molecule has 31 heavy (non-hydrogen) atoms. The van der Waals surface area contributed by atoms with E-state index in [9.17, 15) is 14.4 Å². The molecule has 2 fully saturated rings. The number of nitrogens with one attached hydrogen (secondary N) is 2. The summed E-state index contributed by atoms with van der Waals surface area (Å²) >= 11 is 1.62. The van der Waals surface area contributed by atoms with Gasteiger partial charge in [0.1, 0.15) is 17.5 Å². The fourth-order valence-electron chi connectivity index (χ4n) is 4.48. The average Bonchev–Trinajstić information content (AvgIpc) is 3.47. The summed E-state index contributed by atoms with van der Waals surface area (Å²) in [4.78, 5) is 41.4. The molecular weight excluding hydrogens is 410 g/mol. The monoisotopic (exact) mass is 435 g/mol. The topological polar surface area (TPSA) is 78.5 Å². The molecule has 2 aromatic rings. The highest BCUT2D eigenvalue weighted by Gasteiger charge is 2.57. The summed E-state index contributed by atoms with van der Waals surface area (Å²) in [5.74, 6) is -0.642. The largest absolute Gasteiger partial charge is 0.351 e. The molecule has 3 amide bonds. The Morgan fingerprint density at radius 1 is 1.06 bits per heavy atom. The highest BCUT2D eigenvalue weighted by Crippen LogP contribution is 2.56. The second kappa shape index (κ2) is 7.41. The van der Waals surface area contributed by atoms with Gasteiger partial charge < -0.3 is 15.5 Å². The lowest BCUT2D eigenvalue weighted by Crippen LogP contribution is -2.54. The van der Waals surface area contributed by atoms with Crippen molar-refractivity contribution in [3.8, 4) is 0 Å². The van der Waals surface area contributed by atoms with Gasteiger partial charge in [0.05, 0.1) is 0 Å². The van der Waals surface area contributed by atoms with E-state index in [1.807, 2.05) is 68.4 Å². The van der Waals surface area contributed by atoms with Crippen molar-refractivity contribution >= 4 is 29.5 Å². The molecule has 1 saturated heterocycles. The zero-order chi connectivity index (χ0) is 21.8. The van der Waals surface area contributed by atoms with Gasteiger partial charge in [0.2, 0.25) is 11.8 Å². The Labute approximate surface area is 185 Å². The van der Waals surface area contributed by atoms with Gasteiger partial charge in [-0.05, 0) is 43.9 Å². The second-order valence-electron chi connectivity index (χ2n) is 8.91. The molecule has 0 radical (unpaired) electrons. The van der Waals surface area contributed by atoms with Crippen LogP contribution in [0.25, 0.3) is 0 Å². The first-order valence-corrected chi connectivity index (χ1v) is 11.5. The summed E-state index contributed by atoms with van der Waals surface area (Å²) in [5.41, 5.74) is 2.33. The van der Waals surface area contributed by atoms with Gasteiger partial charge in [0.15, 0.2) is 0 Å². The van der Waals surface area contributed by atoms with Crippen molar-refractivity contribution in [3.05, 3.63) is 71.3 Å². The minimum absolute atomic E-state index is 0.127. The molecule has 6 nitrogen and oxygen atoms in total. The number of fused-ring (bicyclic) bond motifs is 3. The Hall–Kier alpha value is -2.80. The molecule has 7 heteroatoms. The average molecular weight is 436 g/mol. The summed E-state index contributed by atoms with van der Waals surface area (Å²) in [6.45, 7) is 3.97. The predicted molar refractivity (Wildman–Crippen MR) is 119 cm³/mol. The SMILES string of the molecule is CC1(C)S[C@@H]2c3ccccc3C(=O)N2[C@@H]1C(=O)N[C@H](C(=O)NC1CC1)c1ccccc1. The van der Waals surface area contributed by atoms with Crippen LogP contribution >= 0.6 is 11.8 Å². The number of benzene rings is 2. The minimum Gasteiger partial charge on any atom is -0.351 e. The molecule has 5 rings (SSSR count). The van der Waals surface area contributed by atoms with Crippen molar-refractivity contribution in [2.45, 2.75) is 54.9 Å². The number of rotatable bonds is 5. The first kappa shape index (κ1) is 20.1. The van der Waals surface area contributed by atoms with Crippen LogP contribution in [0.2, 0.25) is 0 Å². The highest BCUT2D eigenvalue weighted by atomic mass is 32.2. The molecule has 3 atom stereocenters. The lowest BCUT2D eigenvalue weighted by atomic mass is 9.99. The van der Waals surface area contributed by atoms with Crippen LogP contribution in [0.3, 0.4) is 0 Å². The molecule has 0 unspecified atom stereocenters. The van der Waals surface area contributed by atoms with Gasteiger partial charge in [-0.2, -0.15) is 0 Å². The Bertz CT molecular complexity index is 1050. The summed E-state index contributed by atoms with van der Waals surface area (Å²) in [6, 6.07) is 15.5. The van der Waals surface area contributed by atoms with E-state index in [1.165, 1.54) is 0 Å². The van der Waals surface area contributed by atoms with Gasteiger partial charge in [-0.3, -0.25) is 14.4 Å². The lowest BCUT2D eigenvalue weighted by Gasteiger charge is -2.31. The molecule has 0 bridgehead atoms. The van der Waals surface area contributed by atoms with Crippen molar-refractivity contribution < 1.29 is 14.4 Å². The molecule has 2 aliphatic heterocycles. The third-order valence-electron chi connectivity index (χ3n) is 6.15. The number of carbonyl (C=O) groups is 3. The second-order valence-corrected chi connectivity index (χ2v) is 10.6. The third kappa shape index (κ3) is 3.51. The van der Waals surface area contributed by atoms with Crippen LogP contribution in [0.1, 0.15) is 59.6 Å². The first-order valence-electron chi connectivity index (χ1n) is 10.6. The van der Waals surface area contributed by atoms with Crippen LogP contribution < -0.4 is 10.6 Å². The first-order chi connectivity index (χ1) is 14.9. The molecule has 1 aliphatic carbocycles. The Balaban J connectivity index is 1.44. The lowest BCUT2D eigenvalue weighted by molar-refractivity contribution is -0.132. The van der Waals surface area contributed by atoms with Gasteiger partial charge in [-0.15, -0.1) is 11.8 Å². The Morgan fingerprint density at radius 2 is 1.74 bits per heavy atom. The van der Waals surface area contributed by atoms with Crippen LogP contribution in [-0.2, 0) is 9.59 Å². The van der Waals surface area contributed by atoms with Crippen molar-refractivity contribution in [3.63, 3.8) is 0 Å². The number of amides is 3. The summed E-state index contributed by atoms with van der Waals surface area (Å²) in [7, 11) is 0. The Kier molecular flexibility index (Phi) is 4.81. The van der Waals surface area contributed by atoms with Crippen molar-refractivity contribution in [2.75, 3.05) is 0 Å². The van der Waals surface area contributed by atoms with E-state index in [0.29, 0.717) is 5.56 Å². The number of hydrogen-bond donors (Lipinski definition) is 2. The summed E-state index contributed by atoms with van der Waals surface area (Å²) in [6.07, 6.45) is 1.94. The normalized spacial score (nSPS) is 24.3. The van der Waals surface area contributed by atoms with Crippen LogP contribution in [0.4, 0.5) is 0 Å². The maximum absolute atomic E-state index is 13.6. The zero-order valence-electron chi connectivity index (χ0n) is 17.5. The molecule has 2 heterocycles. The molecule has 2 N–H and O–H groups in total. The standard InChI is InChI=1S/C24H25N3O3S/c1-24(2)19(27-22(30)16-10-6-7-11-17(16)23(27)31-24)21(29)26-18(14-8-4-3-5-9-14)20(28)25-15-12-13-15/h3-11,15,18-19,23H,12-13H2,1-2H3,(H,25,28)(H,26,29)/t18-,19+,23+/m0/s1. The maximum atomic E-state index is 13.6. The molecule has 3 aliphatic rings. The zero-order valence-corrected chi connectivity index (χ0v) is 18.3. The predicted octanol–water partition coefficient (Wildman–Crippen LogP) is 3.17. The van der Waals surface area contributed by atoms with Gasteiger partial charge >= 0.3 is 0 Å². The summed E-state index contributed by atoms with van der Waals surface area (Å²) < 4.78 is -0.494. The van der Waals surface area contributed by atoms with E-state index >= 15 is 0 Å². The van der Waals surface area contributed by atoms with Crippen molar-refractivity contribution in [1.29, 1.82) is 0 Å². The van der Waals surface area contributed by atoms with Gasteiger partial charge in [0, 0.05) is 16.4 Å². The maximum Gasteiger partial charge on any atom is 0.256 e. The van der Waals surface area contributed by atoms with Crippen LogP contribution in [0, 0.1) is 0 Å². The highest BCUT2D eigenvalue weighted by molar-refractivity contribution is 8.01. The number of nitrogens with zero attached hydrogens (tertiary/aromatic N) is 1. The van der Waals surface area contributed by atoms with E-state index in [4.69, 9.17) is 0 Å². The van der Waals surface area contributed by atoms with Crippen molar-refractivity contribution in [2.24, 2.45) is 0 Å². The van der Waals surface area contributed by atoms with E-state index in [2.05, 4.69) is 10.6 Å². The van der Waals surface area contributed by atoms with Gasteiger partial charge in [0.25, 0.3) is 5.91 Å². The number of thioether (sulfide) groups is 1.